The Hall–Kier alpha value is -1.88. The minimum atomic E-state index is -0.149. The van der Waals surface area contributed by atoms with Crippen LogP contribution in [0.2, 0.25) is 0 Å². The molecule has 0 atom stereocenters. The zero-order valence-corrected chi connectivity index (χ0v) is 10.2. The lowest BCUT2D eigenvalue weighted by Crippen LogP contribution is -2.44. The number of carbonyl (C=O) groups excluding carboxylic acids is 2. The summed E-state index contributed by atoms with van der Waals surface area (Å²) in [7, 11) is 1.52. The van der Waals surface area contributed by atoms with Gasteiger partial charge < -0.3 is 14.4 Å². The van der Waals surface area contributed by atoms with E-state index in [0.717, 1.165) is 0 Å². The van der Waals surface area contributed by atoms with E-state index in [0.29, 0.717) is 24.5 Å². The summed E-state index contributed by atoms with van der Waals surface area (Å²) < 4.78 is 10.2. The summed E-state index contributed by atoms with van der Waals surface area (Å²) in [6.45, 7) is 1.06. The van der Waals surface area contributed by atoms with Gasteiger partial charge in [0, 0.05) is 6.54 Å². The number of Topliss-reactive ketones (excluding diaryl/α,β-unsaturated/α-hetero) is 1. The molecule has 1 aromatic rings. The minimum Gasteiger partial charge on any atom is -0.496 e. The van der Waals surface area contributed by atoms with Crippen molar-refractivity contribution in [2.24, 2.45) is 0 Å². The first-order valence-corrected chi connectivity index (χ1v) is 5.74. The van der Waals surface area contributed by atoms with Crippen molar-refractivity contribution in [3.05, 3.63) is 29.8 Å². The third-order valence-electron chi connectivity index (χ3n) is 2.83. The van der Waals surface area contributed by atoms with Crippen LogP contribution in [0.15, 0.2) is 24.3 Å². The molecular formula is C13H15NO4. The highest BCUT2D eigenvalue weighted by Gasteiger charge is 2.22. The number of hydrogen-bond donors (Lipinski definition) is 0. The summed E-state index contributed by atoms with van der Waals surface area (Å²) in [5.41, 5.74) is 0.499. The van der Waals surface area contributed by atoms with Crippen LogP contribution in [0.3, 0.4) is 0 Å². The van der Waals surface area contributed by atoms with Crippen molar-refractivity contribution in [2.75, 3.05) is 33.4 Å². The van der Waals surface area contributed by atoms with Gasteiger partial charge in [0.15, 0.2) is 5.78 Å². The number of methoxy groups -OCH3 is 1. The molecule has 0 unspecified atom stereocenters. The molecule has 96 valence electrons. The van der Waals surface area contributed by atoms with Crippen molar-refractivity contribution in [1.29, 1.82) is 0 Å². The first-order chi connectivity index (χ1) is 8.72. The molecule has 0 spiro atoms. The van der Waals surface area contributed by atoms with Crippen molar-refractivity contribution in [2.45, 2.75) is 0 Å². The lowest BCUT2D eigenvalue weighted by Gasteiger charge is -2.26. The summed E-state index contributed by atoms with van der Waals surface area (Å²) in [6.07, 6.45) is 0. The number of rotatable bonds is 4. The predicted octanol–water partition coefficient (Wildman–Crippen LogP) is 0.737. The molecule has 0 bridgehead atoms. The van der Waals surface area contributed by atoms with E-state index >= 15 is 0 Å². The second-order valence-electron chi connectivity index (χ2n) is 3.99. The number of amides is 1. The molecule has 1 aliphatic heterocycles. The molecule has 2 rings (SSSR count). The summed E-state index contributed by atoms with van der Waals surface area (Å²) >= 11 is 0. The maximum atomic E-state index is 12.1. The highest BCUT2D eigenvalue weighted by molar-refractivity contribution is 6.01. The molecule has 0 aliphatic carbocycles. The van der Waals surface area contributed by atoms with E-state index in [-0.39, 0.29) is 24.8 Å². The van der Waals surface area contributed by atoms with Crippen LogP contribution in [0.25, 0.3) is 0 Å². The second kappa shape index (κ2) is 5.64. The number of para-hydroxylation sites is 1. The van der Waals surface area contributed by atoms with Gasteiger partial charge in [-0.1, -0.05) is 12.1 Å². The third kappa shape index (κ3) is 2.68. The number of ether oxygens (including phenoxy) is 2. The van der Waals surface area contributed by atoms with E-state index in [1.54, 1.807) is 24.3 Å². The molecule has 1 saturated heterocycles. The zero-order valence-electron chi connectivity index (χ0n) is 10.2. The molecule has 0 radical (unpaired) electrons. The molecule has 5 heteroatoms. The van der Waals surface area contributed by atoms with Gasteiger partial charge in [-0.3, -0.25) is 9.59 Å². The fourth-order valence-corrected chi connectivity index (χ4v) is 1.85. The van der Waals surface area contributed by atoms with Gasteiger partial charge in [-0.15, -0.1) is 0 Å². The molecule has 0 aromatic heterocycles. The van der Waals surface area contributed by atoms with Crippen LogP contribution in [-0.2, 0) is 9.53 Å². The summed E-state index contributed by atoms with van der Waals surface area (Å²) in [6, 6.07) is 7.01. The van der Waals surface area contributed by atoms with Gasteiger partial charge in [-0.25, -0.2) is 0 Å². The van der Waals surface area contributed by atoms with E-state index in [9.17, 15) is 9.59 Å². The first kappa shape index (κ1) is 12.6. The second-order valence-corrected chi connectivity index (χ2v) is 3.99. The highest BCUT2D eigenvalue weighted by Crippen LogP contribution is 2.18. The predicted molar refractivity (Wildman–Crippen MR) is 64.7 cm³/mol. The van der Waals surface area contributed by atoms with Crippen molar-refractivity contribution in [1.82, 2.24) is 4.90 Å². The molecule has 1 fully saturated rings. The maximum absolute atomic E-state index is 12.1. The largest absolute Gasteiger partial charge is 0.496 e. The van der Waals surface area contributed by atoms with Gasteiger partial charge in [0.1, 0.15) is 12.4 Å². The standard InChI is InChI=1S/C13H15NO4/c1-17-12-5-3-2-4-10(12)11(15)8-14-6-7-18-9-13(14)16/h2-5H,6-9H2,1H3. The highest BCUT2D eigenvalue weighted by atomic mass is 16.5. The quantitative estimate of drug-likeness (QED) is 0.738. The first-order valence-electron chi connectivity index (χ1n) is 5.74. The Morgan fingerprint density at radius 1 is 1.44 bits per heavy atom. The average Bonchev–Trinajstić information content (AvgIpc) is 2.41. The van der Waals surface area contributed by atoms with Gasteiger partial charge in [-0.05, 0) is 12.1 Å². The lowest BCUT2D eigenvalue weighted by molar-refractivity contribution is -0.141. The van der Waals surface area contributed by atoms with E-state index in [1.165, 1.54) is 12.0 Å². The molecule has 1 aliphatic rings. The van der Waals surface area contributed by atoms with Gasteiger partial charge in [0.2, 0.25) is 5.91 Å². The van der Waals surface area contributed by atoms with E-state index in [1.807, 2.05) is 0 Å². The fraction of sp³-hybridized carbons (Fsp3) is 0.385. The number of carbonyl (C=O) groups is 2. The Morgan fingerprint density at radius 3 is 2.94 bits per heavy atom. The molecule has 1 amide bonds. The van der Waals surface area contributed by atoms with Gasteiger partial charge in [0.25, 0.3) is 0 Å². The third-order valence-corrected chi connectivity index (χ3v) is 2.83. The Labute approximate surface area is 105 Å². The van der Waals surface area contributed by atoms with Crippen LogP contribution in [0.1, 0.15) is 10.4 Å². The van der Waals surface area contributed by atoms with Crippen LogP contribution in [0.5, 0.6) is 5.75 Å². The number of nitrogens with zero attached hydrogens (tertiary/aromatic N) is 1. The Kier molecular flexibility index (Phi) is 3.94. The van der Waals surface area contributed by atoms with E-state index < -0.39 is 0 Å². The van der Waals surface area contributed by atoms with E-state index in [4.69, 9.17) is 9.47 Å². The Bertz CT molecular complexity index is 458. The molecule has 0 N–H and O–H groups in total. The topological polar surface area (TPSA) is 55.8 Å². The van der Waals surface area contributed by atoms with Crippen molar-refractivity contribution < 1.29 is 19.1 Å². The molecular weight excluding hydrogens is 234 g/mol. The van der Waals surface area contributed by atoms with Crippen LogP contribution in [0, 0.1) is 0 Å². The summed E-state index contributed by atoms with van der Waals surface area (Å²) in [5.74, 6) is 0.260. The Morgan fingerprint density at radius 2 is 2.22 bits per heavy atom. The van der Waals surface area contributed by atoms with Gasteiger partial charge in [-0.2, -0.15) is 0 Å². The maximum Gasteiger partial charge on any atom is 0.249 e. The molecule has 0 saturated carbocycles. The number of hydrogen-bond acceptors (Lipinski definition) is 4. The minimum absolute atomic E-state index is 0.0548. The monoisotopic (exact) mass is 249 g/mol. The van der Waals surface area contributed by atoms with Crippen LogP contribution >= 0.6 is 0 Å². The lowest BCUT2D eigenvalue weighted by atomic mass is 10.1. The molecule has 1 aromatic carbocycles. The average molecular weight is 249 g/mol. The molecule has 18 heavy (non-hydrogen) atoms. The number of morpholine rings is 1. The van der Waals surface area contributed by atoms with Crippen molar-refractivity contribution >= 4 is 11.7 Å². The van der Waals surface area contributed by atoms with E-state index in [2.05, 4.69) is 0 Å². The Balaban J connectivity index is 2.09. The molecule has 1 heterocycles. The number of benzene rings is 1. The van der Waals surface area contributed by atoms with Crippen LogP contribution in [-0.4, -0.2) is 50.0 Å². The van der Waals surface area contributed by atoms with Crippen molar-refractivity contribution in [3.63, 3.8) is 0 Å². The zero-order chi connectivity index (χ0) is 13.0. The van der Waals surface area contributed by atoms with Gasteiger partial charge in [0.05, 0.1) is 25.8 Å². The number of ketones is 1. The van der Waals surface area contributed by atoms with Crippen molar-refractivity contribution in [3.8, 4) is 5.75 Å². The van der Waals surface area contributed by atoms with Crippen LogP contribution in [0.4, 0.5) is 0 Å². The molecule has 5 nitrogen and oxygen atoms in total. The summed E-state index contributed by atoms with van der Waals surface area (Å²) in [5, 5.41) is 0. The summed E-state index contributed by atoms with van der Waals surface area (Å²) in [4.78, 5) is 25.2. The van der Waals surface area contributed by atoms with Gasteiger partial charge >= 0.3 is 0 Å². The van der Waals surface area contributed by atoms with Crippen LogP contribution < -0.4 is 4.74 Å². The smallest absolute Gasteiger partial charge is 0.249 e. The normalized spacial score (nSPS) is 15.6. The fourth-order valence-electron chi connectivity index (χ4n) is 1.85. The SMILES string of the molecule is COc1ccccc1C(=O)CN1CCOCC1=O.